The van der Waals surface area contributed by atoms with E-state index in [4.69, 9.17) is 14.2 Å². The van der Waals surface area contributed by atoms with Crippen LogP contribution in [-0.4, -0.2) is 46.4 Å². The van der Waals surface area contributed by atoms with Crippen molar-refractivity contribution >= 4 is 16.8 Å². The Kier molecular flexibility index (Phi) is 4.92. The van der Waals surface area contributed by atoms with E-state index in [9.17, 15) is 9.90 Å². The topological polar surface area (TPSA) is 82.8 Å². The number of rotatable bonds is 6. The van der Waals surface area contributed by atoms with Crippen LogP contribution < -0.4 is 14.2 Å². The van der Waals surface area contributed by atoms with E-state index >= 15 is 0 Å². The van der Waals surface area contributed by atoms with Crippen molar-refractivity contribution in [3.05, 3.63) is 47.8 Å². The minimum atomic E-state index is -0.725. The molecule has 2 aromatic carbocycles. The number of fused-ring (bicyclic) bond motifs is 2. The first-order valence-corrected chi connectivity index (χ1v) is 9.19. The molecule has 146 valence electrons. The van der Waals surface area contributed by atoms with Gasteiger partial charge in [0.15, 0.2) is 17.3 Å². The summed E-state index contributed by atoms with van der Waals surface area (Å²) in [6.45, 7) is 4.93. The summed E-state index contributed by atoms with van der Waals surface area (Å²) >= 11 is 0. The smallest absolute Gasteiger partial charge is 0.163 e. The van der Waals surface area contributed by atoms with Gasteiger partial charge < -0.3 is 23.9 Å². The van der Waals surface area contributed by atoms with Gasteiger partial charge in [0.05, 0.1) is 17.6 Å². The van der Waals surface area contributed by atoms with Crippen LogP contribution in [0.3, 0.4) is 0 Å². The van der Waals surface area contributed by atoms with Crippen molar-refractivity contribution in [1.29, 1.82) is 0 Å². The predicted molar refractivity (Wildman–Crippen MR) is 103 cm³/mol. The van der Waals surface area contributed by atoms with Crippen LogP contribution in [0.2, 0.25) is 0 Å². The fourth-order valence-electron chi connectivity index (χ4n) is 3.25. The SMILES string of the molecule is CC(=O)c1ccc(OCC(O)Cn2c(C)nc3cc4c(cc32)OCCO4)cc1. The van der Waals surface area contributed by atoms with E-state index in [-0.39, 0.29) is 12.4 Å². The normalized spacial score (nSPS) is 14.1. The molecular formula is C21H22N2O5. The highest BCUT2D eigenvalue weighted by atomic mass is 16.6. The number of Topliss-reactive ketones (excluding diaryl/α,β-unsaturated/α-hetero) is 1. The maximum Gasteiger partial charge on any atom is 0.163 e. The summed E-state index contributed by atoms with van der Waals surface area (Å²) in [7, 11) is 0. The third-order valence-electron chi connectivity index (χ3n) is 4.70. The summed E-state index contributed by atoms with van der Waals surface area (Å²) < 4.78 is 18.9. The van der Waals surface area contributed by atoms with E-state index in [2.05, 4.69) is 4.98 Å². The van der Waals surface area contributed by atoms with Gasteiger partial charge in [0.25, 0.3) is 0 Å². The molecule has 1 atom stereocenters. The van der Waals surface area contributed by atoms with Gasteiger partial charge in [-0.15, -0.1) is 0 Å². The molecule has 0 radical (unpaired) electrons. The largest absolute Gasteiger partial charge is 0.491 e. The van der Waals surface area contributed by atoms with E-state index in [1.807, 2.05) is 23.6 Å². The van der Waals surface area contributed by atoms with Crippen LogP contribution in [0.5, 0.6) is 17.2 Å². The Morgan fingerprint density at radius 1 is 1.21 bits per heavy atom. The number of carbonyl (C=O) groups excluding carboxylic acids is 1. The summed E-state index contributed by atoms with van der Waals surface area (Å²) in [6.07, 6.45) is -0.725. The van der Waals surface area contributed by atoms with E-state index < -0.39 is 6.10 Å². The van der Waals surface area contributed by atoms with Crippen LogP contribution in [-0.2, 0) is 6.54 Å². The van der Waals surface area contributed by atoms with E-state index in [1.54, 1.807) is 24.3 Å². The highest BCUT2D eigenvalue weighted by Gasteiger charge is 2.18. The second-order valence-corrected chi connectivity index (χ2v) is 6.80. The predicted octanol–water partition coefficient (Wildman–Crippen LogP) is 2.76. The van der Waals surface area contributed by atoms with Crippen LogP contribution in [0, 0.1) is 6.92 Å². The Morgan fingerprint density at radius 2 is 1.89 bits per heavy atom. The van der Waals surface area contributed by atoms with E-state index in [0.717, 1.165) is 16.9 Å². The van der Waals surface area contributed by atoms with Crippen LogP contribution in [0.4, 0.5) is 0 Å². The first-order chi connectivity index (χ1) is 13.5. The number of ether oxygens (including phenoxy) is 3. The van der Waals surface area contributed by atoms with Crippen molar-refractivity contribution in [3.8, 4) is 17.2 Å². The Labute approximate surface area is 162 Å². The number of hydrogen-bond acceptors (Lipinski definition) is 6. The quantitative estimate of drug-likeness (QED) is 0.660. The number of carbonyl (C=O) groups is 1. The number of benzene rings is 2. The lowest BCUT2D eigenvalue weighted by Crippen LogP contribution is -2.24. The number of imidazole rings is 1. The fraction of sp³-hybridized carbons (Fsp3) is 0.333. The molecule has 28 heavy (non-hydrogen) atoms. The molecule has 0 fully saturated rings. The minimum absolute atomic E-state index is 0.00520. The van der Waals surface area contributed by atoms with Gasteiger partial charge >= 0.3 is 0 Å². The highest BCUT2D eigenvalue weighted by molar-refractivity contribution is 5.94. The Balaban J connectivity index is 1.46. The number of hydrogen-bond donors (Lipinski definition) is 1. The second-order valence-electron chi connectivity index (χ2n) is 6.80. The molecule has 0 saturated carbocycles. The fourth-order valence-corrected chi connectivity index (χ4v) is 3.25. The first kappa shape index (κ1) is 18.3. The molecule has 0 bridgehead atoms. The zero-order valence-electron chi connectivity index (χ0n) is 15.8. The molecule has 0 spiro atoms. The van der Waals surface area contributed by atoms with Gasteiger partial charge in [-0.1, -0.05) is 0 Å². The average molecular weight is 382 g/mol. The van der Waals surface area contributed by atoms with Gasteiger partial charge in [-0.25, -0.2) is 4.98 Å². The minimum Gasteiger partial charge on any atom is -0.491 e. The third kappa shape index (κ3) is 3.66. The zero-order chi connectivity index (χ0) is 19.7. The van der Waals surface area contributed by atoms with Gasteiger partial charge in [0.1, 0.15) is 37.5 Å². The van der Waals surface area contributed by atoms with Crippen molar-refractivity contribution in [2.45, 2.75) is 26.5 Å². The molecule has 7 nitrogen and oxygen atoms in total. The molecule has 1 aliphatic heterocycles. The number of aliphatic hydroxyl groups excluding tert-OH is 1. The molecule has 4 rings (SSSR count). The van der Waals surface area contributed by atoms with Gasteiger partial charge in [0, 0.05) is 17.7 Å². The van der Waals surface area contributed by atoms with Crippen LogP contribution in [0.25, 0.3) is 11.0 Å². The Morgan fingerprint density at radius 3 is 2.57 bits per heavy atom. The second kappa shape index (κ2) is 7.52. The highest BCUT2D eigenvalue weighted by Crippen LogP contribution is 2.34. The number of aliphatic hydroxyl groups is 1. The molecule has 3 aromatic rings. The van der Waals surface area contributed by atoms with E-state index in [1.165, 1.54) is 6.92 Å². The first-order valence-electron chi connectivity index (χ1n) is 9.19. The molecule has 0 saturated heterocycles. The van der Waals surface area contributed by atoms with Gasteiger partial charge in [0.2, 0.25) is 0 Å². The number of ketones is 1. The van der Waals surface area contributed by atoms with Crippen molar-refractivity contribution in [2.75, 3.05) is 19.8 Å². The zero-order valence-corrected chi connectivity index (χ0v) is 15.8. The molecule has 1 aromatic heterocycles. The van der Waals surface area contributed by atoms with Gasteiger partial charge in [-0.3, -0.25) is 4.79 Å². The average Bonchev–Trinajstić information content (AvgIpc) is 2.99. The Bertz CT molecular complexity index is 1010. The van der Waals surface area contributed by atoms with E-state index in [0.29, 0.717) is 42.6 Å². The lowest BCUT2D eigenvalue weighted by molar-refractivity contribution is 0.0928. The maximum absolute atomic E-state index is 11.3. The standard InChI is InChI=1S/C21H22N2O5/c1-13(24)15-3-5-17(6-4-15)28-12-16(25)11-23-14(2)22-18-9-20-21(10-19(18)23)27-8-7-26-20/h3-6,9-10,16,25H,7-8,11-12H2,1-2H3. The molecule has 7 heteroatoms. The van der Waals surface area contributed by atoms with Crippen molar-refractivity contribution in [2.24, 2.45) is 0 Å². The van der Waals surface area contributed by atoms with Crippen LogP contribution in [0.15, 0.2) is 36.4 Å². The lowest BCUT2D eigenvalue weighted by Gasteiger charge is -2.19. The Hall–Kier alpha value is -3.06. The van der Waals surface area contributed by atoms with Gasteiger partial charge in [-0.2, -0.15) is 0 Å². The number of aromatic nitrogens is 2. The lowest BCUT2D eigenvalue weighted by atomic mass is 10.1. The molecule has 1 unspecified atom stereocenters. The summed E-state index contributed by atoms with van der Waals surface area (Å²) in [4.78, 5) is 15.9. The van der Waals surface area contributed by atoms with Crippen LogP contribution >= 0.6 is 0 Å². The number of aryl methyl sites for hydroxylation is 1. The summed E-state index contributed by atoms with van der Waals surface area (Å²) in [5.41, 5.74) is 2.31. The van der Waals surface area contributed by atoms with Crippen molar-refractivity contribution in [1.82, 2.24) is 9.55 Å². The summed E-state index contributed by atoms with van der Waals surface area (Å²) in [5, 5.41) is 10.5. The maximum atomic E-state index is 11.3. The van der Waals surface area contributed by atoms with Crippen molar-refractivity contribution < 1.29 is 24.1 Å². The van der Waals surface area contributed by atoms with Crippen molar-refractivity contribution in [3.63, 3.8) is 0 Å². The third-order valence-corrected chi connectivity index (χ3v) is 4.70. The molecule has 0 aliphatic carbocycles. The molecule has 1 N–H and O–H groups in total. The molecule has 2 heterocycles. The van der Waals surface area contributed by atoms with Gasteiger partial charge in [-0.05, 0) is 38.1 Å². The molecule has 0 amide bonds. The monoisotopic (exact) mass is 382 g/mol. The van der Waals surface area contributed by atoms with Crippen LogP contribution in [0.1, 0.15) is 23.1 Å². The molecular weight excluding hydrogens is 360 g/mol. The summed E-state index contributed by atoms with van der Waals surface area (Å²) in [6, 6.07) is 10.6. The summed E-state index contributed by atoms with van der Waals surface area (Å²) in [5.74, 6) is 2.79. The number of nitrogens with zero attached hydrogens (tertiary/aromatic N) is 2. The molecule has 1 aliphatic rings.